The number of hydrogen-bond acceptors (Lipinski definition) is 4. The maximum absolute atomic E-state index is 11.9. The molecule has 1 heterocycles. The fraction of sp³-hybridized carbons (Fsp3) is 0.133. The Morgan fingerprint density at radius 1 is 1.24 bits per heavy atom. The van der Waals surface area contributed by atoms with Gasteiger partial charge in [0.1, 0.15) is 0 Å². The van der Waals surface area contributed by atoms with Gasteiger partial charge in [0, 0.05) is 22.5 Å². The van der Waals surface area contributed by atoms with E-state index in [1.807, 2.05) is 17.5 Å². The average Bonchev–Trinajstić information content (AvgIpc) is 3.01. The molecule has 0 bridgehead atoms. The minimum absolute atomic E-state index is 0.0623. The molecule has 2 rings (SSSR count). The van der Waals surface area contributed by atoms with E-state index in [0.717, 1.165) is 4.88 Å². The van der Waals surface area contributed by atoms with Gasteiger partial charge in [0.25, 0.3) is 5.91 Å². The number of nitrogens with zero attached hydrogens (tertiary/aromatic N) is 1. The van der Waals surface area contributed by atoms with Crippen molar-refractivity contribution in [2.45, 2.75) is 13.3 Å². The SMILES string of the molecule is CCC(=O)Nc1ccc(C(=O)N/N=C/c2cccs2)cc1. The molecule has 0 aliphatic carbocycles. The summed E-state index contributed by atoms with van der Waals surface area (Å²) in [6.07, 6.45) is 2.01. The lowest BCUT2D eigenvalue weighted by molar-refractivity contribution is -0.115. The molecule has 2 amide bonds. The smallest absolute Gasteiger partial charge is 0.271 e. The molecule has 0 saturated carbocycles. The summed E-state index contributed by atoms with van der Waals surface area (Å²) >= 11 is 1.54. The first kappa shape index (κ1) is 14.9. The Balaban J connectivity index is 1.92. The van der Waals surface area contributed by atoms with Gasteiger partial charge in [0.05, 0.1) is 6.21 Å². The summed E-state index contributed by atoms with van der Waals surface area (Å²) in [6, 6.07) is 10.5. The van der Waals surface area contributed by atoms with Gasteiger partial charge < -0.3 is 5.32 Å². The van der Waals surface area contributed by atoms with Crippen molar-refractivity contribution in [2.24, 2.45) is 5.10 Å². The number of carbonyl (C=O) groups is 2. The summed E-state index contributed by atoms with van der Waals surface area (Å²) < 4.78 is 0. The molecular formula is C15H15N3O2S. The van der Waals surface area contributed by atoms with Crippen LogP contribution in [0.25, 0.3) is 0 Å². The number of thiophene rings is 1. The highest BCUT2D eigenvalue weighted by atomic mass is 32.1. The molecule has 0 atom stereocenters. The first-order chi connectivity index (χ1) is 10.2. The van der Waals surface area contributed by atoms with Gasteiger partial charge in [-0.2, -0.15) is 5.10 Å². The lowest BCUT2D eigenvalue weighted by atomic mass is 10.2. The van der Waals surface area contributed by atoms with E-state index in [1.165, 1.54) is 11.3 Å². The van der Waals surface area contributed by atoms with Crippen molar-refractivity contribution in [2.75, 3.05) is 5.32 Å². The third-order valence-electron chi connectivity index (χ3n) is 2.65. The second-order valence-corrected chi connectivity index (χ2v) is 5.17. The molecule has 5 nitrogen and oxygen atoms in total. The number of benzene rings is 1. The van der Waals surface area contributed by atoms with Crippen molar-refractivity contribution in [3.63, 3.8) is 0 Å². The third-order valence-corrected chi connectivity index (χ3v) is 3.46. The minimum atomic E-state index is -0.295. The Morgan fingerprint density at radius 3 is 2.62 bits per heavy atom. The van der Waals surface area contributed by atoms with E-state index < -0.39 is 0 Å². The maximum Gasteiger partial charge on any atom is 0.271 e. The monoisotopic (exact) mass is 301 g/mol. The Morgan fingerprint density at radius 2 is 2.00 bits per heavy atom. The van der Waals surface area contributed by atoms with E-state index in [9.17, 15) is 9.59 Å². The van der Waals surface area contributed by atoms with E-state index in [-0.39, 0.29) is 11.8 Å². The van der Waals surface area contributed by atoms with E-state index in [0.29, 0.717) is 17.7 Å². The predicted molar refractivity (Wildman–Crippen MR) is 84.7 cm³/mol. The van der Waals surface area contributed by atoms with E-state index in [1.54, 1.807) is 37.4 Å². The van der Waals surface area contributed by atoms with Crippen LogP contribution in [-0.2, 0) is 4.79 Å². The molecular weight excluding hydrogens is 286 g/mol. The number of amides is 2. The van der Waals surface area contributed by atoms with Gasteiger partial charge in [-0.05, 0) is 35.7 Å². The van der Waals surface area contributed by atoms with Crippen LogP contribution < -0.4 is 10.7 Å². The molecule has 0 radical (unpaired) electrons. The van der Waals surface area contributed by atoms with Crippen molar-refractivity contribution in [3.8, 4) is 0 Å². The highest BCUT2D eigenvalue weighted by Crippen LogP contribution is 2.10. The van der Waals surface area contributed by atoms with Crippen molar-refractivity contribution in [3.05, 3.63) is 52.2 Å². The van der Waals surface area contributed by atoms with Crippen LogP contribution >= 0.6 is 11.3 Å². The van der Waals surface area contributed by atoms with Gasteiger partial charge in [0.2, 0.25) is 5.91 Å². The van der Waals surface area contributed by atoms with Gasteiger partial charge in [-0.3, -0.25) is 9.59 Å². The largest absolute Gasteiger partial charge is 0.326 e. The Kier molecular flexibility index (Phi) is 5.22. The zero-order valence-corrected chi connectivity index (χ0v) is 12.3. The standard InChI is InChI=1S/C15H15N3O2S/c1-2-14(19)17-12-7-5-11(6-8-12)15(20)18-16-10-13-4-3-9-21-13/h3-10H,2H2,1H3,(H,17,19)(H,18,20)/b16-10+. The Labute approximate surface area is 126 Å². The highest BCUT2D eigenvalue weighted by Gasteiger charge is 2.05. The van der Waals surface area contributed by atoms with Crippen LogP contribution in [0.2, 0.25) is 0 Å². The number of carbonyl (C=O) groups excluding carboxylic acids is 2. The van der Waals surface area contributed by atoms with Crippen molar-refractivity contribution >= 4 is 35.1 Å². The van der Waals surface area contributed by atoms with Crippen molar-refractivity contribution in [1.29, 1.82) is 0 Å². The first-order valence-corrected chi connectivity index (χ1v) is 7.34. The molecule has 108 valence electrons. The number of nitrogens with one attached hydrogen (secondary N) is 2. The number of hydrogen-bond donors (Lipinski definition) is 2. The summed E-state index contributed by atoms with van der Waals surface area (Å²) in [5, 5.41) is 8.55. The second-order valence-electron chi connectivity index (χ2n) is 4.19. The number of hydrazone groups is 1. The van der Waals surface area contributed by atoms with Crippen molar-refractivity contribution < 1.29 is 9.59 Å². The molecule has 6 heteroatoms. The lowest BCUT2D eigenvalue weighted by Gasteiger charge is -2.04. The summed E-state index contributed by atoms with van der Waals surface area (Å²) in [5.74, 6) is -0.357. The van der Waals surface area contributed by atoms with Gasteiger partial charge in [0.15, 0.2) is 0 Å². The highest BCUT2D eigenvalue weighted by molar-refractivity contribution is 7.11. The molecule has 0 saturated heterocycles. The zero-order valence-electron chi connectivity index (χ0n) is 11.5. The average molecular weight is 301 g/mol. The van der Waals surface area contributed by atoms with E-state index in [4.69, 9.17) is 0 Å². The normalized spacial score (nSPS) is 10.5. The fourth-order valence-corrected chi connectivity index (χ4v) is 2.12. The Hall–Kier alpha value is -2.47. The number of rotatable bonds is 5. The zero-order chi connectivity index (χ0) is 15.1. The second kappa shape index (κ2) is 7.35. The summed E-state index contributed by atoms with van der Waals surface area (Å²) in [4.78, 5) is 24.1. The van der Waals surface area contributed by atoms with Crippen LogP contribution in [0.3, 0.4) is 0 Å². The Bertz CT molecular complexity index is 633. The topological polar surface area (TPSA) is 70.6 Å². The quantitative estimate of drug-likeness (QED) is 0.658. The van der Waals surface area contributed by atoms with Crippen LogP contribution in [0, 0.1) is 0 Å². The van der Waals surface area contributed by atoms with E-state index in [2.05, 4.69) is 15.8 Å². The molecule has 2 aromatic rings. The number of anilines is 1. The fourth-order valence-electron chi connectivity index (χ4n) is 1.54. The van der Waals surface area contributed by atoms with Gasteiger partial charge >= 0.3 is 0 Å². The van der Waals surface area contributed by atoms with Crippen molar-refractivity contribution in [1.82, 2.24) is 5.43 Å². The molecule has 1 aromatic heterocycles. The van der Waals surface area contributed by atoms with Crippen LogP contribution in [0.15, 0.2) is 46.9 Å². The third kappa shape index (κ3) is 4.54. The van der Waals surface area contributed by atoms with Crippen LogP contribution in [0.4, 0.5) is 5.69 Å². The van der Waals surface area contributed by atoms with Crippen LogP contribution in [0.5, 0.6) is 0 Å². The summed E-state index contributed by atoms with van der Waals surface area (Å²) in [6.45, 7) is 1.78. The first-order valence-electron chi connectivity index (χ1n) is 6.46. The molecule has 1 aromatic carbocycles. The van der Waals surface area contributed by atoms with E-state index >= 15 is 0 Å². The molecule has 21 heavy (non-hydrogen) atoms. The van der Waals surface area contributed by atoms with Crippen LogP contribution in [0.1, 0.15) is 28.6 Å². The minimum Gasteiger partial charge on any atom is -0.326 e. The summed E-state index contributed by atoms with van der Waals surface area (Å²) in [7, 11) is 0. The maximum atomic E-state index is 11.9. The molecule has 0 fully saturated rings. The molecule has 0 aliphatic rings. The summed E-state index contributed by atoms with van der Waals surface area (Å²) in [5.41, 5.74) is 3.61. The van der Waals surface area contributed by atoms with Gasteiger partial charge in [-0.1, -0.05) is 13.0 Å². The molecule has 0 aliphatic heterocycles. The van der Waals surface area contributed by atoms with Gasteiger partial charge in [-0.15, -0.1) is 11.3 Å². The molecule has 0 spiro atoms. The predicted octanol–water partition coefficient (Wildman–Crippen LogP) is 2.86. The van der Waals surface area contributed by atoms with Gasteiger partial charge in [-0.25, -0.2) is 5.43 Å². The lowest BCUT2D eigenvalue weighted by Crippen LogP contribution is -2.17. The molecule has 2 N–H and O–H groups in total. The molecule has 0 unspecified atom stereocenters. The van der Waals surface area contributed by atoms with Crippen LogP contribution in [-0.4, -0.2) is 18.0 Å².